The minimum absolute atomic E-state index is 0.121. The van der Waals surface area contributed by atoms with Gasteiger partial charge in [0.05, 0.1) is 12.5 Å². The number of likely N-dealkylation sites (N-methyl/N-ethyl adjacent to an activating group) is 1. The molecule has 1 atom stereocenters. The molecular weight excluding hydrogens is 250 g/mol. The number of alkyl halides is 1. The first-order valence-corrected chi connectivity index (χ1v) is 6.07. The van der Waals surface area contributed by atoms with Crippen molar-refractivity contribution in [3.8, 4) is 0 Å². The lowest BCUT2D eigenvalue weighted by Gasteiger charge is -2.19. The average Bonchev–Trinajstić information content (AvgIpc) is 2.91. The molecule has 3 nitrogen and oxygen atoms in total. The van der Waals surface area contributed by atoms with Crippen LogP contribution in [0.3, 0.4) is 0 Å². The van der Waals surface area contributed by atoms with Gasteiger partial charge in [-0.25, -0.2) is 0 Å². The van der Waals surface area contributed by atoms with Crippen molar-refractivity contribution in [2.75, 3.05) is 7.05 Å². The SMILES string of the molecule is CN(Cc1ccoc1)C(=O)C(Cl)c1ccccc1. The molecule has 0 radical (unpaired) electrons. The van der Waals surface area contributed by atoms with Crippen LogP contribution in [0.4, 0.5) is 0 Å². The molecule has 0 spiro atoms. The molecule has 0 aliphatic carbocycles. The second kappa shape index (κ2) is 5.74. The molecule has 1 amide bonds. The second-order valence-corrected chi connectivity index (χ2v) is 4.54. The summed E-state index contributed by atoms with van der Waals surface area (Å²) in [6.07, 6.45) is 3.21. The zero-order valence-corrected chi connectivity index (χ0v) is 10.8. The fourth-order valence-corrected chi connectivity index (χ4v) is 2.00. The van der Waals surface area contributed by atoms with Crippen LogP contribution in [-0.4, -0.2) is 17.9 Å². The van der Waals surface area contributed by atoms with Crippen LogP contribution in [0.2, 0.25) is 0 Å². The fraction of sp³-hybridized carbons (Fsp3) is 0.214. The van der Waals surface area contributed by atoms with Crippen LogP contribution in [0.1, 0.15) is 16.5 Å². The normalized spacial score (nSPS) is 12.1. The van der Waals surface area contributed by atoms with E-state index in [1.54, 1.807) is 24.5 Å². The standard InChI is InChI=1S/C14H14ClNO2/c1-16(9-11-7-8-18-10-11)14(17)13(15)12-5-3-2-4-6-12/h2-8,10,13H,9H2,1H3. The van der Waals surface area contributed by atoms with E-state index in [4.69, 9.17) is 16.0 Å². The molecule has 1 unspecified atom stereocenters. The maximum absolute atomic E-state index is 12.1. The molecule has 2 rings (SSSR count). The Morgan fingerprint density at radius 2 is 2.06 bits per heavy atom. The van der Waals surface area contributed by atoms with E-state index in [0.717, 1.165) is 11.1 Å². The van der Waals surface area contributed by atoms with Gasteiger partial charge < -0.3 is 9.32 Å². The van der Waals surface area contributed by atoms with E-state index in [1.807, 2.05) is 36.4 Å². The third-order valence-electron chi connectivity index (χ3n) is 2.69. The molecular formula is C14H14ClNO2. The van der Waals surface area contributed by atoms with Gasteiger partial charge in [0.1, 0.15) is 5.38 Å². The van der Waals surface area contributed by atoms with Gasteiger partial charge in [0.25, 0.3) is 0 Å². The first-order chi connectivity index (χ1) is 8.68. The highest BCUT2D eigenvalue weighted by atomic mass is 35.5. The van der Waals surface area contributed by atoms with Gasteiger partial charge in [-0.2, -0.15) is 0 Å². The highest BCUT2D eigenvalue weighted by molar-refractivity contribution is 6.30. The number of carbonyl (C=O) groups is 1. The van der Waals surface area contributed by atoms with Crippen LogP contribution >= 0.6 is 11.6 Å². The number of amides is 1. The van der Waals surface area contributed by atoms with Gasteiger partial charge in [0.15, 0.2) is 0 Å². The molecule has 0 N–H and O–H groups in total. The Morgan fingerprint density at radius 3 is 2.67 bits per heavy atom. The molecule has 0 fully saturated rings. The Morgan fingerprint density at radius 1 is 1.33 bits per heavy atom. The largest absolute Gasteiger partial charge is 0.472 e. The Kier molecular flexibility index (Phi) is 4.05. The van der Waals surface area contributed by atoms with Crippen LogP contribution in [0.5, 0.6) is 0 Å². The van der Waals surface area contributed by atoms with Crippen LogP contribution < -0.4 is 0 Å². The molecule has 0 aliphatic rings. The molecule has 1 aromatic carbocycles. The predicted molar refractivity (Wildman–Crippen MR) is 70.2 cm³/mol. The van der Waals surface area contributed by atoms with Gasteiger partial charge in [-0.05, 0) is 11.6 Å². The first kappa shape index (κ1) is 12.7. The summed E-state index contributed by atoms with van der Waals surface area (Å²) in [6, 6.07) is 11.2. The van der Waals surface area contributed by atoms with Gasteiger partial charge in [0, 0.05) is 19.2 Å². The quantitative estimate of drug-likeness (QED) is 0.794. The van der Waals surface area contributed by atoms with E-state index in [1.165, 1.54) is 0 Å². The zero-order chi connectivity index (χ0) is 13.0. The van der Waals surface area contributed by atoms with Gasteiger partial charge in [0.2, 0.25) is 5.91 Å². The van der Waals surface area contributed by atoms with Crippen molar-refractivity contribution in [3.05, 3.63) is 60.1 Å². The van der Waals surface area contributed by atoms with Gasteiger partial charge in [-0.15, -0.1) is 11.6 Å². The fourth-order valence-electron chi connectivity index (χ4n) is 1.69. The Bertz CT molecular complexity index is 496. The van der Waals surface area contributed by atoms with Gasteiger partial charge in [-0.3, -0.25) is 4.79 Å². The lowest BCUT2D eigenvalue weighted by Crippen LogP contribution is -2.29. The monoisotopic (exact) mass is 263 g/mol. The number of furan rings is 1. The summed E-state index contributed by atoms with van der Waals surface area (Å²) in [7, 11) is 1.73. The summed E-state index contributed by atoms with van der Waals surface area (Å²) in [5.74, 6) is -0.121. The van der Waals surface area contributed by atoms with Crippen molar-refractivity contribution in [3.63, 3.8) is 0 Å². The lowest BCUT2D eigenvalue weighted by atomic mass is 10.1. The number of benzene rings is 1. The first-order valence-electron chi connectivity index (χ1n) is 5.63. The van der Waals surface area contributed by atoms with Crippen molar-refractivity contribution < 1.29 is 9.21 Å². The molecule has 0 bridgehead atoms. The minimum Gasteiger partial charge on any atom is -0.472 e. The van der Waals surface area contributed by atoms with Crippen LogP contribution in [0.15, 0.2) is 53.3 Å². The number of rotatable bonds is 4. The maximum atomic E-state index is 12.1. The maximum Gasteiger partial charge on any atom is 0.245 e. The number of hydrogen-bond acceptors (Lipinski definition) is 2. The van der Waals surface area contributed by atoms with E-state index in [9.17, 15) is 4.79 Å². The molecule has 0 saturated carbocycles. The molecule has 1 aromatic heterocycles. The summed E-state index contributed by atoms with van der Waals surface area (Å²) in [5, 5.41) is -0.650. The predicted octanol–water partition coefficient (Wildman–Crippen LogP) is 3.22. The molecule has 18 heavy (non-hydrogen) atoms. The van der Waals surface area contributed by atoms with Crippen molar-refractivity contribution >= 4 is 17.5 Å². The smallest absolute Gasteiger partial charge is 0.245 e. The number of hydrogen-bond donors (Lipinski definition) is 0. The highest BCUT2D eigenvalue weighted by Crippen LogP contribution is 2.22. The number of carbonyl (C=O) groups excluding carboxylic acids is 1. The van der Waals surface area contributed by atoms with E-state index >= 15 is 0 Å². The second-order valence-electron chi connectivity index (χ2n) is 4.10. The Labute approximate surface area is 111 Å². The summed E-state index contributed by atoms with van der Waals surface area (Å²) < 4.78 is 4.97. The Hall–Kier alpha value is -1.74. The van der Waals surface area contributed by atoms with E-state index in [-0.39, 0.29) is 5.91 Å². The Balaban J connectivity index is 2.02. The van der Waals surface area contributed by atoms with Crippen LogP contribution in [0, 0.1) is 0 Å². The zero-order valence-electron chi connectivity index (χ0n) is 10.0. The van der Waals surface area contributed by atoms with Gasteiger partial charge >= 0.3 is 0 Å². The minimum atomic E-state index is -0.650. The summed E-state index contributed by atoms with van der Waals surface area (Å²) in [4.78, 5) is 13.7. The van der Waals surface area contributed by atoms with Crippen molar-refractivity contribution in [1.29, 1.82) is 0 Å². The van der Waals surface area contributed by atoms with Crippen molar-refractivity contribution in [2.45, 2.75) is 11.9 Å². The highest BCUT2D eigenvalue weighted by Gasteiger charge is 2.21. The lowest BCUT2D eigenvalue weighted by molar-refractivity contribution is -0.130. The molecule has 0 aliphatic heterocycles. The van der Waals surface area contributed by atoms with Gasteiger partial charge in [-0.1, -0.05) is 30.3 Å². The number of nitrogens with zero attached hydrogens (tertiary/aromatic N) is 1. The summed E-state index contributed by atoms with van der Waals surface area (Å²) in [6.45, 7) is 0.491. The molecule has 2 aromatic rings. The van der Waals surface area contributed by atoms with Crippen molar-refractivity contribution in [2.24, 2.45) is 0 Å². The van der Waals surface area contributed by atoms with Crippen molar-refractivity contribution in [1.82, 2.24) is 4.90 Å². The van der Waals surface area contributed by atoms with E-state index < -0.39 is 5.38 Å². The molecule has 4 heteroatoms. The average molecular weight is 264 g/mol. The number of halogens is 1. The third kappa shape index (κ3) is 2.93. The topological polar surface area (TPSA) is 33.5 Å². The third-order valence-corrected chi connectivity index (χ3v) is 3.12. The molecule has 94 valence electrons. The molecule has 1 heterocycles. The summed E-state index contributed by atoms with van der Waals surface area (Å²) in [5.41, 5.74) is 1.76. The van der Waals surface area contributed by atoms with Crippen LogP contribution in [0.25, 0.3) is 0 Å². The molecule has 0 saturated heterocycles. The van der Waals surface area contributed by atoms with E-state index in [0.29, 0.717) is 6.54 Å². The summed E-state index contributed by atoms with van der Waals surface area (Å²) >= 11 is 6.18. The van der Waals surface area contributed by atoms with Crippen LogP contribution in [-0.2, 0) is 11.3 Å². The van der Waals surface area contributed by atoms with E-state index in [2.05, 4.69) is 0 Å².